The summed E-state index contributed by atoms with van der Waals surface area (Å²) in [5, 5.41) is 20.6. The van der Waals surface area contributed by atoms with Crippen molar-refractivity contribution in [2.45, 2.75) is 44.0 Å². The SMILES string of the molecule is CC[C@H](CO)Nc1cc(Nc2ccc(S(=O)(=O)N(C)C)cc2)n2ncc(C(C)C)c2n1. The summed E-state index contributed by atoms with van der Waals surface area (Å²) >= 11 is 0. The van der Waals surface area contributed by atoms with Crippen molar-refractivity contribution in [3.63, 3.8) is 0 Å². The van der Waals surface area contributed by atoms with Gasteiger partial charge in [-0.3, -0.25) is 0 Å². The third kappa shape index (κ3) is 4.81. The second-order valence-electron chi connectivity index (χ2n) is 7.89. The van der Waals surface area contributed by atoms with Crippen LogP contribution in [0.4, 0.5) is 17.3 Å². The molecule has 3 aromatic rings. The van der Waals surface area contributed by atoms with E-state index in [2.05, 4.69) is 29.6 Å². The van der Waals surface area contributed by atoms with Gasteiger partial charge in [0.2, 0.25) is 10.0 Å². The predicted molar refractivity (Wildman–Crippen MR) is 122 cm³/mol. The first-order valence-electron chi connectivity index (χ1n) is 10.2. The Hall–Kier alpha value is -2.69. The van der Waals surface area contributed by atoms with Gasteiger partial charge in [-0.25, -0.2) is 17.7 Å². The van der Waals surface area contributed by atoms with Crippen LogP contribution in [0, 0.1) is 0 Å². The third-order valence-corrected chi connectivity index (χ3v) is 6.92. The molecule has 0 radical (unpaired) electrons. The van der Waals surface area contributed by atoms with Crippen molar-refractivity contribution in [2.24, 2.45) is 0 Å². The van der Waals surface area contributed by atoms with E-state index in [1.54, 1.807) is 35.0 Å². The van der Waals surface area contributed by atoms with Gasteiger partial charge in [0.15, 0.2) is 5.65 Å². The Bertz CT molecular complexity index is 1140. The highest BCUT2D eigenvalue weighted by atomic mass is 32.2. The van der Waals surface area contributed by atoms with Crippen LogP contribution in [0.2, 0.25) is 0 Å². The molecular weight excluding hydrogens is 416 g/mol. The van der Waals surface area contributed by atoms with Crippen LogP contribution < -0.4 is 10.6 Å². The summed E-state index contributed by atoms with van der Waals surface area (Å²) in [6.07, 6.45) is 2.56. The molecule has 0 spiro atoms. The molecule has 0 unspecified atom stereocenters. The number of fused-ring (bicyclic) bond motifs is 1. The van der Waals surface area contributed by atoms with E-state index in [9.17, 15) is 13.5 Å². The minimum Gasteiger partial charge on any atom is -0.394 e. The first kappa shape index (κ1) is 23.0. The Morgan fingerprint density at radius 3 is 2.42 bits per heavy atom. The van der Waals surface area contributed by atoms with Crippen LogP contribution in [0.25, 0.3) is 5.65 Å². The molecule has 0 bridgehead atoms. The molecule has 0 aliphatic carbocycles. The number of sulfonamides is 1. The maximum atomic E-state index is 12.3. The van der Waals surface area contributed by atoms with E-state index in [-0.39, 0.29) is 23.5 Å². The van der Waals surface area contributed by atoms with Crippen LogP contribution in [0.1, 0.15) is 38.7 Å². The molecule has 31 heavy (non-hydrogen) atoms. The predicted octanol–water partition coefficient (Wildman–Crippen LogP) is 3.03. The Labute approximate surface area is 183 Å². The molecule has 0 aliphatic rings. The standard InChI is InChI=1S/C21H30N6O3S/c1-6-15(13-28)23-19-11-20(27-21(25-19)18(12-22-27)14(2)3)24-16-7-9-17(10-8-16)31(29,30)26(4)5/h7-12,14-15,24,28H,6,13H2,1-5H3,(H,23,25)/t15-/m1/s1. The lowest BCUT2D eigenvalue weighted by Crippen LogP contribution is -2.23. The monoisotopic (exact) mass is 446 g/mol. The highest BCUT2D eigenvalue weighted by molar-refractivity contribution is 7.89. The minimum atomic E-state index is -3.49. The zero-order chi connectivity index (χ0) is 22.8. The average Bonchev–Trinajstić information content (AvgIpc) is 3.17. The summed E-state index contributed by atoms with van der Waals surface area (Å²) in [5.41, 5.74) is 2.45. The van der Waals surface area contributed by atoms with Crippen molar-refractivity contribution in [3.05, 3.63) is 42.1 Å². The van der Waals surface area contributed by atoms with Crippen LogP contribution in [0.5, 0.6) is 0 Å². The van der Waals surface area contributed by atoms with Crippen molar-refractivity contribution >= 4 is 33.0 Å². The van der Waals surface area contributed by atoms with E-state index in [0.717, 1.165) is 17.6 Å². The van der Waals surface area contributed by atoms with Crippen LogP contribution in [0.3, 0.4) is 0 Å². The normalized spacial score (nSPS) is 13.2. The molecule has 0 amide bonds. The summed E-state index contributed by atoms with van der Waals surface area (Å²) < 4.78 is 27.5. The van der Waals surface area contributed by atoms with Gasteiger partial charge >= 0.3 is 0 Å². The lowest BCUT2D eigenvalue weighted by atomic mass is 10.1. The number of anilines is 3. The second-order valence-corrected chi connectivity index (χ2v) is 10.0. The summed E-state index contributed by atoms with van der Waals surface area (Å²) in [5.74, 6) is 1.55. The lowest BCUT2D eigenvalue weighted by Gasteiger charge is -2.17. The van der Waals surface area contributed by atoms with Gasteiger partial charge in [-0.1, -0.05) is 20.8 Å². The quantitative estimate of drug-likeness (QED) is 0.463. The molecule has 0 saturated carbocycles. The first-order valence-corrected chi connectivity index (χ1v) is 11.7. The maximum absolute atomic E-state index is 12.3. The molecule has 0 aliphatic heterocycles. The number of rotatable bonds is 9. The van der Waals surface area contributed by atoms with Gasteiger partial charge in [0.1, 0.15) is 11.6 Å². The Morgan fingerprint density at radius 1 is 1.19 bits per heavy atom. The lowest BCUT2D eigenvalue weighted by molar-refractivity contribution is 0.271. The zero-order valence-corrected chi connectivity index (χ0v) is 19.3. The molecule has 3 rings (SSSR count). The fourth-order valence-corrected chi connectivity index (χ4v) is 4.01. The fraction of sp³-hybridized carbons (Fsp3) is 0.429. The summed E-state index contributed by atoms with van der Waals surface area (Å²) in [7, 11) is -0.482. The van der Waals surface area contributed by atoms with Crippen molar-refractivity contribution in [1.82, 2.24) is 18.9 Å². The summed E-state index contributed by atoms with van der Waals surface area (Å²) in [6, 6.07) is 8.28. The van der Waals surface area contributed by atoms with E-state index in [4.69, 9.17) is 4.98 Å². The molecule has 10 heteroatoms. The van der Waals surface area contributed by atoms with Gasteiger partial charge in [-0.05, 0) is 36.6 Å². The van der Waals surface area contributed by atoms with Crippen molar-refractivity contribution in [2.75, 3.05) is 31.3 Å². The molecule has 1 aromatic carbocycles. The van der Waals surface area contributed by atoms with Crippen LogP contribution in [-0.4, -0.2) is 59.2 Å². The van der Waals surface area contributed by atoms with Crippen LogP contribution in [-0.2, 0) is 10.0 Å². The molecular formula is C21H30N6O3S. The van der Waals surface area contributed by atoms with E-state index in [0.29, 0.717) is 17.3 Å². The number of hydrogen-bond donors (Lipinski definition) is 3. The molecule has 0 fully saturated rings. The number of aromatic nitrogens is 3. The number of nitrogens with one attached hydrogen (secondary N) is 2. The van der Waals surface area contributed by atoms with Gasteiger partial charge in [0.05, 0.1) is 23.7 Å². The van der Waals surface area contributed by atoms with Crippen molar-refractivity contribution < 1.29 is 13.5 Å². The minimum absolute atomic E-state index is 0.00420. The van der Waals surface area contributed by atoms with Crippen molar-refractivity contribution in [1.29, 1.82) is 0 Å². The van der Waals surface area contributed by atoms with Crippen LogP contribution in [0.15, 0.2) is 41.4 Å². The molecule has 2 aromatic heterocycles. The van der Waals surface area contributed by atoms with E-state index in [1.807, 2.05) is 13.0 Å². The van der Waals surface area contributed by atoms with Gasteiger partial charge in [0.25, 0.3) is 0 Å². The molecule has 1 atom stereocenters. The highest BCUT2D eigenvalue weighted by Gasteiger charge is 2.18. The van der Waals surface area contributed by atoms with Gasteiger partial charge in [-0.2, -0.15) is 9.61 Å². The largest absolute Gasteiger partial charge is 0.394 e. The van der Waals surface area contributed by atoms with E-state index < -0.39 is 10.0 Å². The van der Waals surface area contributed by atoms with Crippen LogP contribution >= 0.6 is 0 Å². The number of aliphatic hydroxyl groups excluding tert-OH is 1. The van der Waals surface area contributed by atoms with Gasteiger partial charge < -0.3 is 15.7 Å². The highest BCUT2D eigenvalue weighted by Crippen LogP contribution is 2.27. The molecule has 2 heterocycles. The Balaban J connectivity index is 2.00. The summed E-state index contributed by atoms with van der Waals surface area (Å²) in [6.45, 7) is 6.16. The Kier molecular flexibility index (Phi) is 6.83. The fourth-order valence-electron chi connectivity index (χ4n) is 3.10. The smallest absolute Gasteiger partial charge is 0.242 e. The average molecular weight is 447 g/mol. The van der Waals surface area contributed by atoms with E-state index in [1.165, 1.54) is 18.4 Å². The number of nitrogens with zero attached hydrogens (tertiary/aromatic N) is 4. The molecule has 168 valence electrons. The topological polar surface area (TPSA) is 112 Å². The Morgan fingerprint density at radius 2 is 1.87 bits per heavy atom. The maximum Gasteiger partial charge on any atom is 0.242 e. The number of aliphatic hydroxyl groups is 1. The third-order valence-electron chi connectivity index (χ3n) is 5.09. The summed E-state index contributed by atoms with van der Waals surface area (Å²) in [4.78, 5) is 4.94. The zero-order valence-electron chi connectivity index (χ0n) is 18.5. The number of benzene rings is 1. The molecule has 0 saturated heterocycles. The first-order chi connectivity index (χ1) is 14.7. The van der Waals surface area contributed by atoms with E-state index >= 15 is 0 Å². The van der Waals surface area contributed by atoms with Gasteiger partial charge in [0, 0.05) is 31.4 Å². The van der Waals surface area contributed by atoms with Gasteiger partial charge in [-0.15, -0.1) is 0 Å². The molecule has 9 nitrogen and oxygen atoms in total. The number of hydrogen-bond acceptors (Lipinski definition) is 7. The second kappa shape index (κ2) is 9.21. The molecule has 3 N–H and O–H groups in total. The van der Waals surface area contributed by atoms with Crippen molar-refractivity contribution in [3.8, 4) is 0 Å².